The molecule has 2 fully saturated rings. The zero-order valence-electron chi connectivity index (χ0n) is 12.4. The van der Waals surface area contributed by atoms with E-state index in [4.69, 9.17) is 4.74 Å². The minimum absolute atomic E-state index is 0.147. The lowest BCUT2D eigenvalue weighted by Gasteiger charge is -2.39. The van der Waals surface area contributed by atoms with Crippen molar-refractivity contribution in [3.63, 3.8) is 0 Å². The van der Waals surface area contributed by atoms with Crippen LogP contribution in [0.5, 0.6) is 0 Å². The van der Waals surface area contributed by atoms with Crippen molar-refractivity contribution in [2.24, 2.45) is 5.41 Å². The Morgan fingerprint density at radius 3 is 2.42 bits per heavy atom. The highest BCUT2D eigenvalue weighted by Crippen LogP contribution is 2.46. The quantitative estimate of drug-likeness (QED) is 0.772. The summed E-state index contributed by atoms with van der Waals surface area (Å²) in [6.07, 6.45) is 9.32. The Kier molecular flexibility index (Phi) is 5.22. The van der Waals surface area contributed by atoms with Gasteiger partial charge in [0.1, 0.15) is 6.04 Å². The van der Waals surface area contributed by atoms with Gasteiger partial charge in [-0.3, -0.25) is 4.79 Å². The summed E-state index contributed by atoms with van der Waals surface area (Å²) >= 11 is 0. The van der Waals surface area contributed by atoms with E-state index in [-0.39, 0.29) is 12.0 Å². The first-order valence-corrected chi connectivity index (χ1v) is 7.66. The normalized spacial score (nSPS) is 24.5. The van der Waals surface area contributed by atoms with Gasteiger partial charge in [-0.05, 0) is 57.7 Å². The van der Waals surface area contributed by atoms with Crippen LogP contribution in [0, 0.1) is 5.41 Å². The van der Waals surface area contributed by atoms with Crippen molar-refractivity contribution >= 4 is 5.97 Å². The van der Waals surface area contributed by atoms with Gasteiger partial charge in [-0.1, -0.05) is 12.8 Å². The Morgan fingerprint density at radius 1 is 1.26 bits per heavy atom. The molecule has 1 saturated heterocycles. The standard InChI is InChI=1S/C15H28N2O2/c1-16-13(14(18)19-2)5-10-17-11-8-15(9-12-17)6-3-4-7-15/h13,16H,3-12H2,1-2H3. The number of methoxy groups -OCH3 is 1. The number of nitrogens with one attached hydrogen (secondary N) is 1. The lowest BCUT2D eigenvalue weighted by atomic mass is 9.77. The van der Waals surface area contributed by atoms with Gasteiger partial charge in [0.15, 0.2) is 0 Å². The second kappa shape index (κ2) is 6.71. The minimum Gasteiger partial charge on any atom is -0.468 e. The van der Waals surface area contributed by atoms with Gasteiger partial charge < -0.3 is 15.0 Å². The number of carbonyl (C=O) groups is 1. The lowest BCUT2D eigenvalue weighted by molar-refractivity contribution is -0.143. The third kappa shape index (κ3) is 3.69. The molecule has 1 aliphatic carbocycles. The highest BCUT2D eigenvalue weighted by atomic mass is 16.5. The van der Waals surface area contributed by atoms with Crippen LogP contribution in [-0.2, 0) is 9.53 Å². The van der Waals surface area contributed by atoms with Crippen LogP contribution in [0.25, 0.3) is 0 Å². The van der Waals surface area contributed by atoms with Crippen LogP contribution in [-0.4, -0.2) is 50.7 Å². The molecule has 1 aliphatic heterocycles. The van der Waals surface area contributed by atoms with Crippen molar-refractivity contribution in [2.45, 2.75) is 51.0 Å². The summed E-state index contributed by atoms with van der Waals surface area (Å²) in [7, 11) is 3.28. The van der Waals surface area contributed by atoms with Crippen LogP contribution in [0.1, 0.15) is 44.9 Å². The number of rotatable bonds is 5. The first kappa shape index (κ1) is 14.8. The number of piperidine rings is 1. The number of carbonyl (C=O) groups excluding carboxylic acids is 1. The van der Waals surface area contributed by atoms with Crippen LogP contribution in [0.15, 0.2) is 0 Å². The molecule has 0 aromatic heterocycles. The molecule has 0 aromatic carbocycles. The second-order valence-electron chi connectivity index (χ2n) is 6.20. The molecule has 2 rings (SSSR count). The zero-order chi connectivity index (χ0) is 13.7. The highest BCUT2D eigenvalue weighted by molar-refractivity contribution is 5.75. The summed E-state index contributed by atoms with van der Waals surface area (Å²) in [6.45, 7) is 3.41. The van der Waals surface area contributed by atoms with E-state index in [1.165, 1.54) is 58.7 Å². The number of esters is 1. The molecule has 4 heteroatoms. The first-order valence-electron chi connectivity index (χ1n) is 7.66. The maximum Gasteiger partial charge on any atom is 0.322 e. The molecule has 0 radical (unpaired) electrons. The average molecular weight is 268 g/mol. The van der Waals surface area contributed by atoms with Crippen molar-refractivity contribution in [3.8, 4) is 0 Å². The van der Waals surface area contributed by atoms with Crippen molar-refractivity contribution in [1.82, 2.24) is 10.2 Å². The predicted octanol–water partition coefficient (Wildman–Crippen LogP) is 1.79. The van der Waals surface area contributed by atoms with E-state index >= 15 is 0 Å². The number of hydrogen-bond donors (Lipinski definition) is 1. The number of ether oxygens (including phenoxy) is 1. The Hall–Kier alpha value is -0.610. The van der Waals surface area contributed by atoms with E-state index in [1.807, 2.05) is 7.05 Å². The van der Waals surface area contributed by atoms with Gasteiger partial charge in [-0.2, -0.15) is 0 Å². The molecule has 19 heavy (non-hydrogen) atoms. The fourth-order valence-corrected chi connectivity index (χ4v) is 3.71. The zero-order valence-corrected chi connectivity index (χ0v) is 12.4. The summed E-state index contributed by atoms with van der Waals surface area (Å²) in [4.78, 5) is 14.0. The Bertz CT molecular complexity index is 291. The number of nitrogens with zero attached hydrogens (tertiary/aromatic N) is 1. The number of hydrogen-bond acceptors (Lipinski definition) is 4. The summed E-state index contributed by atoms with van der Waals surface area (Å²) in [5.74, 6) is -0.147. The Labute approximate surface area is 116 Å². The van der Waals surface area contributed by atoms with Gasteiger partial charge in [0, 0.05) is 6.54 Å². The van der Waals surface area contributed by atoms with Crippen LogP contribution >= 0.6 is 0 Å². The third-order valence-electron chi connectivity index (χ3n) is 5.15. The molecule has 1 saturated carbocycles. The molecular weight excluding hydrogens is 240 g/mol. The molecule has 2 aliphatic rings. The Balaban J connectivity index is 1.71. The summed E-state index contributed by atoms with van der Waals surface area (Å²) in [5, 5.41) is 3.04. The largest absolute Gasteiger partial charge is 0.468 e. The smallest absolute Gasteiger partial charge is 0.322 e. The van der Waals surface area contributed by atoms with Gasteiger partial charge in [0.05, 0.1) is 7.11 Å². The molecular formula is C15H28N2O2. The first-order chi connectivity index (χ1) is 9.19. The topological polar surface area (TPSA) is 41.6 Å². The SMILES string of the molecule is CNC(CCN1CCC2(CCCC2)CC1)C(=O)OC. The summed E-state index contributed by atoms with van der Waals surface area (Å²) in [6, 6.07) is -0.160. The number of likely N-dealkylation sites (N-methyl/N-ethyl adjacent to an activating group) is 1. The van der Waals surface area contributed by atoms with E-state index in [1.54, 1.807) is 0 Å². The molecule has 0 bridgehead atoms. The van der Waals surface area contributed by atoms with E-state index < -0.39 is 0 Å². The fraction of sp³-hybridized carbons (Fsp3) is 0.933. The van der Waals surface area contributed by atoms with Crippen LogP contribution < -0.4 is 5.32 Å². The van der Waals surface area contributed by atoms with E-state index in [2.05, 4.69) is 10.2 Å². The van der Waals surface area contributed by atoms with Crippen molar-refractivity contribution in [3.05, 3.63) is 0 Å². The van der Waals surface area contributed by atoms with Crippen molar-refractivity contribution in [1.29, 1.82) is 0 Å². The molecule has 110 valence electrons. The highest BCUT2D eigenvalue weighted by Gasteiger charge is 2.36. The van der Waals surface area contributed by atoms with Gasteiger partial charge in [0.2, 0.25) is 0 Å². The van der Waals surface area contributed by atoms with Gasteiger partial charge in [0.25, 0.3) is 0 Å². The van der Waals surface area contributed by atoms with Crippen LogP contribution in [0.2, 0.25) is 0 Å². The molecule has 1 heterocycles. The maximum absolute atomic E-state index is 11.5. The molecule has 1 atom stereocenters. The van der Waals surface area contributed by atoms with Gasteiger partial charge in [-0.15, -0.1) is 0 Å². The van der Waals surface area contributed by atoms with E-state index in [9.17, 15) is 4.79 Å². The predicted molar refractivity (Wildman–Crippen MR) is 76.1 cm³/mol. The summed E-state index contributed by atoms with van der Waals surface area (Å²) < 4.78 is 4.80. The molecule has 1 N–H and O–H groups in total. The Morgan fingerprint density at radius 2 is 1.89 bits per heavy atom. The second-order valence-corrected chi connectivity index (χ2v) is 6.20. The summed E-state index contributed by atoms with van der Waals surface area (Å²) in [5.41, 5.74) is 0.682. The average Bonchev–Trinajstić information content (AvgIpc) is 2.89. The van der Waals surface area contributed by atoms with E-state index in [0.29, 0.717) is 5.41 Å². The molecule has 0 aromatic rings. The lowest BCUT2D eigenvalue weighted by Crippen LogP contribution is -2.43. The fourth-order valence-electron chi connectivity index (χ4n) is 3.71. The van der Waals surface area contributed by atoms with Gasteiger partial charge in [-0.25, -0.2) is 0 Å². The molecule has 4 nitrogen and oxygen atoms in total. The van der Waals surface area contributed by atoms with Crippen LogP contribution in [0.3, 0.4) is 0 Å². The maximum atomic E-state index is 11.5. The number of likely N-dealkylation sites (tertiary alicyclic amines) is 1. The van der Waals surface area contributed by atoms with E-state index in [0.717, 1.165) is 13.0 Å². The van der Waals surface area contributed by atoms with Crippen molar-refractivity contribution < 1.29 is 9.53 Å². The molecule has 0 amide bonds. The van der Waals surface area contributed by atoms with Crippen molar-refractivity contribution in [2.75, 3.05) is 33.8 Å². The molecule has 1 spiro atoms. The van der Waals surface area contributed by atoms with Gasteiger partial charge >= 0.3 is 5.97 Å². The minimum atomic E-state index is -0.160. The monoisotopic (exact) mass is 268 g/mol. The third-order valence-corrected chi connectivity index (χ3v) is 5.15. The van der Waals surface area contributed by atoms with Crippen LogP contribution in [0.4, 0.5) is 0 Å². The molecule has 1 unspecified atom stereocenters.